The van der Waals surface area contributed by atoms with Crippen LogP contribution in [0.5, 0.6) is 0 Å². The van der Waals surface area contributed by atoms with Gasteiger partial charge in [0.25, 0.3) is 0 Å². The molecule has 6 nitrogen and oxygen atoms in total. The second kappa shape index (κ2) is 8.59. The molecule has 0 aromatic carbocycles. The lowest BCUT2D eigenvalue weighted by molar-refractivity contribution is -0.148. The molecule has 3 saturated carbocycles. The average Bonchev–Trinajstić information content (AvgIpc) is 3.03. The molecule has 3 fully saturated rings. The van der Waals surface area contributed by atoms with E-state index in [4.69, 9.17) is 14.2 Å². The molecule has 0 amide bonds. The van der Waals surface area contributed by atoms with E-state index < -0.39 is 0 Å². The molecule has 0 N–H and O–H groups in total. The summed E-state index contributed by atoms with van der Waals surface area (Å²) in [4.78, 5) is 35.9. The maximum Gasteiger partial charge on any atom is 0.333 e. The Morgan fingerprint density at radius 1 is 0.939 bits per heavy atom. The Hall–Kier alpha value is -2.11. The van der Waals surface area contributed by atoms with E-state index in [0.717, 1.165) is 50.5 Å². The zero-order valence-corrected chi connectivity index (χ0v) is 20.9. The van der Waals surface area contributed by atoms with Gasteiger partial charge < -0.3 is 14.2 Å². The fraction of sp³-hybridized carbons (Fsp3) is 0.741. The van der Waals surface area contributed by atoms with Gasteiger partial charge >= 0.3 is 17.9 Å². The highest BCUT2D eigenvalue weighted by atomic mass is 16.5. The number of hydrogen-bond acceptors (Lipinski definition) is 6. The predicted octanol–water partition coefficient (Wildman–Crippen LogP) is 4.91. The SMILES string of the molecule is COC(=O)/C(C)=C1/[C@@H](OC(C)=O)C[C@H]2[C@@H]3CC=C4C[C@@H](OC(C)=O)CC[C@]4(C)[C@H]3CC[C@]12C. The van der Waals surface area contributed by atoms with E-state index in [1.54, 1.807) is 0 Å². The van der Waals surface area contributed by atoms with Crippen molar-refractivity contribution in [3.8, 4) is 0 Å². The van der Waals surface area contributed by atoms with Crippen molar-refractivity contribution in [1.82, 2.24) is 0 Å². The van der Waals surface area contributed by atoms with Crippen LogP contribution in [0.1, 0.15) is 79.6 Å². The number of rotatable bonds is 3. The first-order chi connectivity index (χ1) is 15.5. The molecule has 0 bridgehead atoms. The molecule has 0 aromatic heterocycles. The minimum absolute atomic E-state index is 0.00991. The summed E-state index contributed by atoms with van der Waals surface area (Å²) in [6, 6.07) is 0. The Balaban J connectivity index is 1.68. The molecule has 0 aromatic rings. The van der Waals surface area contributed by atoms with Crippen LogP contribution in [0.3, 0.4) is 0 Å². The molecular weight excluding hydrogens is 420 g/mol. The van der Waals surface area contributed by atoms with Crippen molar-refractivity contribution in [2.75, 3.05) is 7.11 Å². The van der Waals surface area contributed by atoms with Gasteiger partial charge in [0.2, 0.25) is 0 Å². The summed E-state index contributed by atoms with van der Waals surface area (Å²) in [6.45, 7) is 9.40. The quantitative estimate of drug-likeness (QED) is 0.259. The summed E-state index contributed by atoms with van der Waals surface area (Å²) in [5.74, 6) is 0.516. The lowest BCUT2D eigenvalue weighted by Crippen LogP contribution is -2.49. The Morgan fingerprint density at radius 3 is 2.24 bits per heavy atom. The molecule has 0 heterocycles. The molecular formula is C27H38O6. The summed E-state index contributed by atoms with van der Waals surface area (Å²) in [5.41, 5.74) is 2.93. The fourth-order valence-corrected chi connectivity index (χ4v) is 8.01. The van der Waals surface area contributed by atoms with Gasteiger partial charge in [-0.05, 0) is 79.6 Å². The number of ether oxygens (including phenoxy) is 3. The van der Waals surface area contributed by atoms with Crippen molar-refractivity contribution < 1.29 is 28.6 Å². The largest absolute Gasteiger partial charge is 0.466 e. The van der Waals surface area contributed by atoms with Gasteiger partial charge in [0.1, 0.15) is 12.2 Å². The third-order valence-corrected chi connectivity index (χ3v) is 9.39. The van der Waals surface area contributed by atoms with Crippen molar-refractivity contribution >= 4 is 17.9 Å². The zero-order chi connectivity index (χ0) is 24.1. The fourth-order valence-electron chi connectivity index (χ4n) is 8.01. The highest BCUT2D eigenvalue weighted by Crippen LogP contribution is 2.67. The summed E-state index contributed by atoms with van der Waals surface area (Å²) in [7, 11) is 1.40. The van der Waals surface area contributed by atoms with Crippen molar-refractivity contribution in [2.45, 2.75) is 91.8 Å². The minimum Gasteiger partial charge on any atom is -0.466 e. The third-order valence-electron chi connectivity index (χ3n) is 9.39. The molecule has 4 aliphatic rings. The summed E-state index contributed by atoms with van der Waals surface area (Å²) in [5, 5.41) is 0. The van der Waals surface area contributed by atoms with Crippen LogP contribution in [0.25, 0.3) is 0 Å². The first-order valence-corrected chi connectivity index (χ1v) is 12.3. The van der Waals surface area contributed by atoms with Crippen molar-refractivity contribution in [1.29, 1.82) is 0 Å². The molecule has 0 spiro atoms. The summed E-state index contributed by atoms with van der Waals surface area (Å²) < 4.78 is 16.4. The van der Waals surface area contributed by atoms with E-state index in [1.165, 1.54) is 26.5 Å². The number of fused-ring (bicyclic) bond motifs is 5. The second-order valence-electron chi connectivity index (χ2n) is 11.1. The van der Waals surface area contributed by atoms with E-state index in [1.807, 2.05) is 6.92 Å². The molecule has 6 heteroatoms. The van der Waals surface area contributed by atoms with Crippen LogP contribution in [0.15, 0.2) is 22.8 Å². The van der Waals surface area contributed by atoms with Gasteiger partial charge in [0, 0.05) is 25.8 Å². The molecule has 182 valence electrons. The van der Waals surface area contributed by atoms with Crippen LogP contribution < -0.4 is 0 Å². The van der Waals surface area contributed by atoms with Crippen molar-refractivity contribution in [3.05, 3.63) is 22.8 Å². The number of methoxy groups -OCH3 is 1. The molecule has 0 unspecified atom stereocenters. The van der Waals surface area contributed by atoms with Crippen LogP contribution in [0, 0.1) is 28.6 Å². The molecule has 0 aliphatic heterocycles. The topological polar surface area (TPSA) is 78.9 Å². The van der Waals surface area contributed by atoms with Gasteiger partial charge in [0.15, 0.2) is 0 Å². The molecule has 7 atom stereocenters. The Kier molecular flexibility index (Phi) is 6.25. The molecule has 0 saturated heterocycles. The van der Waals surface area contributed by atoms with Crippen LogP contribution in [0.4, 0.5) is 0 Å². The first kappa shape index (κ1) is 24.0. The maximum atomic E-state index is 12.5. The third kappa shape index (κ3) is 3.93. The maximum absolute atomic E-state index is 12.5. The van der Waals surface area contributed by atoms with E-state index in [9.17, 15) is 14.4 Å². The van der Waals surface area contributed by atoms with E-state index in [2.05, 4.69) is 19.9 Å². The summed E-state index contributed by atoms with van der Waals surface area (Å²) >= 11 is 0. The lowest BCUT2D eigenvalue weighted by atomic mass is 9.47. The molecule has 0 radical (unpaired) electrons. The smallest absolute Gasteiger partial charge is 0.333 e. The standard InChI is InChI=1S/C27H38O6/c1-15(25(30)31-6)24-23(33-17(3)29)14-22-20-8-7-18-13-19(32-16(2)28)9-11-26(18,4)21(20)10-12-27(22,24)5/h7,19-23H,8-14H2,1-6H3/b24-15-/t19-,20+,21-,22-,23-,26-,27-/m0/s1. The average molecular weight is 459 g/mol. The van der Waals surface area contributed by atoms with Gasteiger partial charge in [-0.25, -0.2) is 4.79 Å². The summed E-state index contributed by atoms with van der Waals surface area (Å²) in [6.07, 6.45) is 8.58. The second-order valence-corrected chi connectivity index (χ2v) is 11.1. The van der Waals surface area contributed by atoms with Gasteiger partial charge in [-0.2, -0.15) is 0 Å². The predicted molar refractivity (Wildman–Crippen MR) is 123 cm³/mol. The molecule has 4 aliphatic carbocycles. The number of esters is 3. The van der Waals surface area contributed by atoms with E-state index in [-0.39, 0.29) is 40.9 Å². The number of carbonyl (C=O) groups is 3. The Labute approximate surface area is 197 Å². The number of carbonyl (C=O) groups excluding carboxylic acids is 3. The van der Waals surface area contributed by atoms with Crippen LogP contribution in [0.2, 0.25) is 0 Å². The van der Waals surface area contributed by atoms with Gasteiger partial charge in [-0.3, -0.25) is 9.59 Å². The van der Waals surface area contributed by atoms with Gasteiger partial charge in [0.05, 0.1) is 7.11 Å². The van der Waals surface area contributed by atoms with Gasteiger partial charge in [-0.15, -0.1) is 0 Å². The highest BCUT2D eigenvalue weighted by molar-refractivity contribution is 5.89. The number of hydrogen-bond donors (Lipinski definition) is 0. The minimum atomic E-state index is -0.367. The van der Waals surface area contributed by atoms with E-state index in [0.29, 0.717) is 23.3 Å². The monoisotopic (exact) mass is 458 g/mol. The van der Waals surface area contributed by atoms with Crippen LogP contribution >= 0.6 is 0 Å². The van der Waals surface area contributed by atoms with Gasteiger partial charge in [-0.1, -0.05) is 25.5 Å². The lowest BCUT2D eigenvalue weighted by Gasteiger charge is -2.57. The molecule has 4 rings (SSSR count). The van der Waals surface area contributed by atoms with Crippen LogP contribution in [-0.4, -0.2) is 37.2 Å². The Morgan fingerprint density at radius 2 is 1.61 bits per heavy atom. The first-order valence-electron chi connectivity index (χ1n) is 12.3. The molecule has 33 heavy (non-hydrogen) atoms. The van der Waals surface area contributed by atoms with Crippen molar-refractivity contribution in [3.63, 3.8) is 0 Å². The zero-order valence-electron chi connectivity index (χ0n) is 20.9. The van der Waals surface area contributed by atoms with E-state index >= 15 is 0 Å². The Bertz CT molecular complexity index is 916. The normalized spacial score (nSPS) is 41.0. The highest BCUT2D eigenvalue weighted by Gasteiger charge is 2.60. The number of allylic oxidation sites excluding steroid dienone is 1. The van der Waals surface area contributed by atoms with Crippen molar-refractivity contribution in [2.24, 2.45) is 28.6 Å². The van der Waals surface area contributed by atoms with Crippen LogP contribution in [-0.2, 0) is 28.6 Å².